The molecule has 0 bridgehead atoms. The Morgan fingerprint density at radius 2 is 2.12 bits per heavy atom. The highest BCUT2D eigenvalue weighted by molar-refractivity contribution is 4.84. The van der Waals surface area contributed by atoms with E-state index < -0.39 is 0 Å². The number of nitrogens with two attached hydrogens (primary N) is 1. The molecule has 0 radical (unpaired) electrons. The smallest absolute Gasteiger partial charge is 0.0503 e. The van der Waals surface area contributed by atoms with Gasteiger partial charge in [0.1, 0.15) is 0 Å². The summed E-state index contributed by atoms with van der Waals surface area (Å²) in [6.07, 6.45) is 6.67. The van der Waals surface area contributed by atoms with E-state index in [0.717, 1.165) is 19.2 Å². The lowest BCUT2D eigenvalue weighted by molar-refractivity contribution is 0.0582. The molecule has 1 aliphatic rings. The monoisotopic (exact) mass is 242 g/mol. The summed E-state index contributed by atoms with van der Waals surface area (Å²) in [7, 11) is 1.78. The lowest BCUT2D eigenvalue weighted by atomic mass is 9.97. The van der Waals surface area contributed by atoms with E-state index in [-0.39, 0.29) is 0 Å². The van der Waals surface area contributed by atoms with Gasteiger partial charge in [-0.15, -0.1) is 0 Å². The molecule has 2 N–H and O–H groups in total. The predicted molar refractivity (Wildman–Crippen MR) is 73.1 cm³/mol. The summed E-state index contributed by atoms with van der Waals surface area (Å²) in [6.45, 7) is 7.35. The van der Waals surface area contributed by atoms with Crippen LogP contribution in [0.5, 0.6) is 0 Å². The maximum atomic E-state index is 6.01. The molecule has 1 aliphatic heterocycles. The fourth-order valence-corrected chi connectivity index (χ4v) is 3.14. The van der Waals surface area contributed by atoms with E-state index in [2.05, 4.69) is 18.7 Å². The van der Waals surface area contributed by atoms with E-state index in [1.165, 1.54) is 38.6 Å². The minimum absolute atomic E-state index is 0.484. The van der Waals surface area contributed by atoms with Crippen LogP contribution < -0.4 is 5.73 Å². The van der Waals surface area contributed by atoms with Crippen molar-refractivity contribution in [2.75, 3.05) is 26.8 Å². The molecule has 0 aliphatic carbocycles. The number of ether oxygens (including phenoxy) is 1. The van der Waals surface area contributed by atoms with Crippen LogP contribution in [0.1, 0.15) is 46.0 Å². The summed E-state index contributed by atoms with van der Waals surface area (Å²) in [6, 6.07) is 1.21. The summed E-state index contributed by atoms with van der Waals surface area (Å²) < 4.78 is 5.30. The van der Waals surface area contributed by atoms with Gasteiger partial charge in [-0.25, -0.2) is 0 Å². The maximum Gasteiger partial charge on any atom is 0.0503 e. The zero-order valence-electron chi connectivity index (χ0n) is 11.8. The SMILES string of the molecule is CCC1CCCCCN1C(CN)C(C)COC. The van der Waals surface area contributed by atoms with Crippen LogP contribution in [0.4, 0.5) is 0 Å². The van der Waals surface area contributed by atoms with Gasteiger partial charge >= 0.3 is 0 Å². The molecule has 3 atom stereocenters. The molecule has 17 heavy (non-hydrogen) atoms. The van der Waals surface area contributed by atoms with Crippen LogP contribution in [-0.2, 0) is 4.74 Å². The Kier molecular flexibility index (Phi) is 7.09. The molecule has 0 amide bonds. The first-order chi connectivity index (χ1) is 8.24. The van der Waals surface area contributed by atoms with Crippen LogP contribution in [0, 0.1) is 5.92 Å². The summed E-state index contributed by atoms with van der Waals surface area (Å²) >= 11 is 0. The standard InChI is InChI=1S/C14H30N2O/c1-4-13-8-6-5-7-9-16(13)14(10-15)12(2)11-17-3/h12-14H,4-11,15H2,1-3H3. The van der Waals surface area contributed by atoms with Crippen LogP contribution >= 0.6 is 0 Å². The molecule has 0 spiro atoms. The van der Waals surface area contributed by atoms with E-state index in [4.69, 9.17) is 10.5 Å². The van der Waals surface area contributed by atoms with Crippen LogP contribution in [0.2, 0.25) is 0 Å². The maximum absolute atomic E-state index is 6.01. The van der Waals surface area contributed by atoms with E-state index >= 15 is 0 Å². The molecule has 0 aromatic carbocycles. The second kappa shape index (κ2) is 8.06. The summed E-state index contributed by atoms with van der Waals surface area (Å²) in [4.78, 5) is 2.66. The molecular weight excluding hydrogens is 212 g/mol. The van der Waals surface area contributed by atoms with Gasteiger partial charge in [0, 0.05) is 25.7 Å². The number of methoxy groups -OCH3 is 1. The molecule has 1 saturated heterocycles. The van der Waals surface area contributed by atoms with Crippen LogP contribution in [0.25, 0.3) is 0 Å². The molecule has 102 valence electrons. The zero-order valence-corrected chi connectivity index (χ0v) is 11.8. The minimum atomic E-state index is 0.484. The lowest BCUT2D eigenvalue weighted by Crippen LogP contribution is -2.50. The number of likely N-dealkylation sites (tertiary alicyclic amines) is 1. The third kappa shape index (κ3) is 4.23. The second-order valence-corrected chi connectivity index (χ2v) is 5.38. The Bertz CT molecular complexity index is 199. The average Bonchev–Trinajstić information content (AvgIpc) is 2.56. The van der Waals surface area contributed by atoms with Crippen molar-refractivity contribution in [3.63, 3.8) is 0 Å². The lowest BCUT2D eigenvalue weighted by Gasteiger charge is -2.39. The summed E-state index contributed by atoms with van der Waals surface area (Å²) in [5.74, 6) is 0.525. The van der Waals surface area contributed by atoms with Crippen molar-refractivity contribution in [3.8, 4) is 0 Å². The molecule has 0 aromatic heterocycles. The zero-order chi connectivity index (χ0) is 12.7. The first kappa shape index (κ1) is 14.9. The van der Waals surface area contributed by atoms with E-state index in [1.807, 2.05) is 0 Å². The number of hydrogen-bond donors (Lipinski definition) is 1. The van der Waals surface area contributed by atoms with Crippen molar-refractivity contribution in [3.05, 3.63) is 0 Å². The molecule has 0 aromatic rings. The number of nitrogens with zero attached hydrogens (tertiary/aromatic N) is 1. The molecular formula is C14H30N2O. The highest BCUT2D eigenvalue weighted by atomic mass is 16.5. The Balaban J connectivity index is 2.68. The van der Waals surface area contributed by atoms with Gasteiger partial charge in [0.05, 0.1) is 6.61 Å². The molecule has 3 nitrogen and oxygen atoms in total. The quantitative estimate of drug-likeness (QED) is 0.776. The Hall–Kier alpha value is -0.120. The third-order valence-corrected chi connectivity index (χ3v) is 4.15. The molecule has 3 unspecified atom stereocenters. The van der Waals surface area contributed by atoms with E-state index in [0.29, 0.717) is 12.0 Å². The van der Waals surface area contributed by atoms with Gasteiger partial charge < -0.3 is 10.5 Å². The topological polar surface area (TPSA) is 38.5 Å². The Morgan fingerprint density at radius 1 is 1.35 bits per heavy atom. The Morgan fingerprint density at radius 3 is 2.71 bits per heavy atom. The van der Waals surface area contributed by atoms with Gasteiger partial charge in [0.2, 0.25) is 0 Å². The van der Waals surface area contributed by atoms with Gasteiger partial charge in [-0.2, -0.15) is 0 Å². The van der Waals surface area contributed by atoms with Crippen LogP contribution in [-0.4, -0.2) is 43.8 Å². The number of hydrogen-bond acceptors (Lipinski definition) is 3. The minimum Gasteiger partial charge on any atom is -0.384 e. The fourth-order valence-electron chi connectivity index (χ4n) is 3.14. The van der Waals surface area contributed by atoms with E-state index in [9.17, 15) is 0 Å². The molecule has 3 heteroatoms. The normalized spacial score (nSPS) is 26.5. The predicted octanol–water partition coefficient (Wildman–Crippen LogP) is 2.25. The number of rotatable bonds is 6. The van der Waals surface area contributed by atoms with Gasteiger partial charge in [-0.1, -0.05) is 26.7 Å². The van der Waals surface area contributed by atoms with Gasteiger partial charge in [0.15, 0.2) is 0 Å². The highest BCUT2D eigenvalue weighted by Crippen LogP contribution is 2.24. The first-order valence-corrected chi connectivity index (χ1v) is 7.19. The van der Waals surface area contributed by atoms with Crippen molar-refractivity contribution in [2.45, 2.75) is 58.0 Å². The van der Waals surface area contributed by atoms with Crippen LogP contribution in [0.3, 0.4) is 0 Å². The molecule has 1 rings (SSSR count). The third-order valence-electron chi connectivity index (χ3n) is 4.15. The Labute approximate surface area is 107 Å². The first-order valence-electron chi connectivity index (χ1n) is 7.19. The largest absolute Gasteiger partial charge is 0.384 e. The van der Waals surface area contributed by atoms with Gasteiger partial charge in [-0.05, 0) is 31.7 Å². The second-order valence-electron chi connectivity index (χ2n) is 5.38. The molecule has 1 heterocycles. The molecule has 1 fully saturated rings. The summed E-state index contributed by atoms with van der Waals surface area (Å²) in [5, 5.41) is 0. The van der Waals surface area contributed by atoms with Crippen molar-refractivity contribution in [1.82, 2.24) is 4.90 Å². The van der Waals surface area contributed by atoms with Gasteiger partial charge in [0.25, 0.3) is 0 Å². The van der Waals surface area contributed by atoms with Gasteiger partial charge in [-0.3, -0.25) is 4.90 Å². The highest BCUT2D eigenvalue weighted by Gasteiger charge is 2.29. The molecule has 0 saturated carbocycles. The fraction of sp³-hybridized carbons (Fsp3) is 1.00. The van der Waals surface area contributed by atoms with Crippen molar-refractivity contribution in [1.29, 1.82) is 0 Å². The summed E-state index contributed by atoms with van der Waals surface area (Å²) in [5.41, 5.74) is 6.01. The van der Waals surface area contributed by atoms with Crippen molar-refractivity contribution < 1.29 is 4.74 Å². The average molecular weight is 242 g/mol. The van der Waals surface area contributed by atoms with E-state index in [1.54, 1.807) is 7.11 Å². The van der Waals surface area contributed by atoms with Crippen molar-refractivity contribution >= 4 is 0 Å². The van der Waals surface area contributed by atoms with Crippen LogP contribution in [0.15, 0.2) is 0 Å². The van der Waals surface area contributed by atoms with Crippen molar-refractivity contribution in [2.24, 2.45) is 11.7 Å².